The van der Waals surface area contributed by atoms with Crippen LogP contribution in [0.25, 0.3) is 0 Å². The van der Waals surface area contributed by atoms with Gasteiger partial charge in [-0.3, -0.25) is 9.69 Å². The second kappa shape index (κ2) is 13.3. The fourth-order valence-electron chi connectivity index (χ4n) is 4.85. The van der Waals surface area contributed by atoms with Crippen molar-refractivity contribution in [3.05, 3.63) is 89.5 Å². The number of nitrogens with one attached hydrogen (secondary N) is 2. The number of urea groups is 1. The number of para-hydroxylation sites is 2. The molecule has 0 fully saturated rings. The third kappa shape index (κ3) is 7.59. The zero-order chi connectivity index (χ0) is 30.4. The van der Waals surface area contributed by atoms with Crippen LogP contribution in [0.3, 0.4) is 0 Å². The Morgan fingerprint density at radius 3 is 2.40 bits per heavy atom. The van der Waals surface area contributed by atoms with E-state index in [9.17, 15) is 27.9 Å². The number of fused-ring (bicyclic) bond motifs is 1. The number of aliphatic hydroxyl groups is 1. The molecule has 3 N–H and O–H groups in total. The Kier molecular flexibility index (Phi) is 9.74. The summed E-state index contributed by atoms with van der Waals surface area (Å²) in [6.45, 7) is 4.52. The van der Waals surface area contributed by atoms with Crippen molar-refractivity contribution in [3.63, 3.8) is 0 Å². The van der Waals surface area contributed by atoms with Crippen LogP contribution in [-0.4, -0.2) is 65.7 Å². The number of nitrogens with zero attached hydrogens (tertiary/aromatic N) is 2. The molecule has 0 aliphatic carbocycles. The van der Waals surface area contributed by atoms with E-state index in [1.807, 2.05) is 24.9 Å². The highest BCUT2D eigenvalue weighted by Crippen LogP contribution is 2.35. The topological polar surface area (TPSA) is 94.1 Å². The molecule has 3 atom stereocenters. The molecule has 0 saturated heterocycles. The van der Waals surface area contributed by atoms with Gasteiger partial charge in [-0.1, -0.05) is 43.3 Å². The van der Waals surface area contributed by atoms with Crippen LogP contribution in [-0.2, 0) is 12.7 Å². The quantitative estimate of drug-likeness (QED) is 0.316. The number of rotatable bonds is 8. The number of likely N-dealkylation sites (N-methyl/N-ethyl adjacent to an activating group) is 1. The third-order valence-electron chi connectivity index (χ3n) is 7.20. The number of alkyl halides is 3. The molecule has 3 aromatic rings. The maximum absolute atomic E-state index is 13.6. The Morgan fingerprint density at radius 2 is 1.76 bits per heavy atom. The highest BCUT2D eigenvalue weighted by atomic mass is 19.4. The summed E-state index contributed by atoms with van der Waals surface area (Å²) in [4.78, 5) is 30.0. The first-order valence-electron chi connectivity index (χ1n) is 13.7. The number of benzene rings is 3. The third-order valence-corrected chi connectivity index (χ3v) is 7.20. The molecule has 0 unspecified atom stereocenters. The molecule has 0 bridgehead atoms. The predicted molar refractivity (Wildman–Crippen MR) is 154 cm³/mol. The van der Waals surface area contributed by atoms with Gasteiger partial charge >= 0.3 is 12.2 Å². The van der Waals surface area contributed by atoms with Gasteiger partial charge in [0.25, 0.3) is 5.91 Å². The van der Waals surface area contributed by atoms with Gasteiger partial charge in [-0.25, -0.2) is 4.79 Å². The second-order valence-electron chi connectivity index (χ2n) is 10.6. The smallest absolute Gasteiger partial charge is 0.416 e. The van der Waals surface area contributed by atoms with Gasteiger partial charge in [0, 0.05) is 31.2 Å². The molecule has 8 nitrogen and oxygen atoms in total. The monoisotopic (exact) mass is 584 g/mol. The average Bonchev–Trinajstić information content (AvgIpc) is 2.95. The van der Waals surface area contributed by atoms with Gasteiger partial charge in [-0.15, -0.1) is 0 Å². The zero-order valence-electron chi connectivity index (χ0n) is 23.7. The van der Waals surface area contributed by atoms with E-state index in [0.29, 0.717) is 36.6 Å². The summed E-state index contributed by atoms with van der Waals surface area (Å²) in [7, 11) is 1.84. The Morgan fingerprint density at radius 1 is 1.07 bits per heavy atom. The summed E-state index contributed by atoms with van der Waals surface area (Å²) >= 11 is 0. The lowest BCUT2D eigenvalue weighted by atomic mass is 9.98. The zero-order valence-corrected chi connectivity index (χ0v) is 23.7. The highest BCUT2D eigenvalue weighted by Gasteiger charge is 2.35. The molecule has 0 saturated carbocycles. The Hall–Kier alpha value is -4.09. The van der Waals surface area contributed by atoms with Gasteiger partial charge in [0.15, 0.2) is 5.75 Å². The summed E-state index contributed by atoms with van der Waals surface area (Å²) in [6.07, 6.45) is -4.87. The summed E-state index contributed by atoms with van der Waals surface area (Å²) in [5.41, 5.74) is 1.13. The van der Waals surface area contributed by atoms with Crippen molar-refractivity contribution in [2.75, 3.05) is 37.4 Å². The second-order valence-corrected chi connectivity index (χ2v) is 10.6. The number of aliphatic hydroxyl groups excluding tert-OH is 1. The Labute approximate surface area is 243 Å². The highest BCUT2D eigenvalue weighted by molar-refractivity contribution is 6.04. The summed E-state index contributed by atoms with van der Waals surface area (Å²) in [6, 6.07) is 17.9. The average molecular weight is 585 g/mol. The maximum Gasteiger partial charge on any atom is 0.416 e. The molecule has 0 radical (unpaired) electrons. The number of carbonyl (C=O) groups is 2. The Balaban J connectivity index is 1.60. The van der Waals surface area contributed by atoms with Crippen molar-refractivity contribution in [1.29, 1.82) is 0 Å². The van der Waals surface area contributed by atoms with E-state index in [4.69, 9.17) is 4.74 Å². The van der Waals surface area contributed by atoms with E-state index in [0.717, 1.165) is 12.1 Å². The molecule has 1 heterocycles. The van der Waals surface area contributed by atoms with E-state index < -0.39 is 29.9 Å². The first-order valence-corrected chi connectivity index (χ1v) is 13.7. The van der Waals surface area contributed by atoms with Gasteiger partial charge in [-0.05, 0) is 55.9 Å². The summed E-state index contributed by atoms with van der Waals surface area (Å²) in [5.74, 6) is -0.320. The molecule has 224 valence electrons. The molecule has 0 spiro atoms. The number of hydrogen-bond acceptors (Lipinski definition) is 5. The summed E-state index contributed by atoms with van der Waals surface area (Å²) in [5, 5.41) is 15.4. The number of amides is 3. The minimum atomic E-state index is -4.40. The van der Waals surface area contributed by atoms with E-state index >= 15 is 0 Å². The van der Waals surface area contributed by atoms with Gasteiger partial charge in [0.1, 0.15) is 6.10 Å². The number of carbonyl (C=O) groups excluding carboxylic acids is 2. The fraction of sp³-hybridized carbons (Fsp3) is 0.355. The van der Waals surface area contributed by atoms with E-state index in [1.165, 1.54) is 12.1 Å². The molecule has 1 aliphatic heterocycles. The number of ether oxygens (including phenoxy) is 1. The Bertz CT molecular complexity index is 1370. The van der Waals surface area contributed by atoms with Crippen LogP contribution in [0.2, 0.25) is 0 Å². The van der Waals surface area contributed by atoms with Crippen molar-refractivity contribution in [1.82, 2.24) is 9.80 Å². The molecular weight excluding hydrogens is 549 g/mol. The molecule has 4 rings (SSSR count). The largest absolute Gasteiger partial charge is 0.486 e. The standard InChI is InChI=1S/C31H35F3N4O4/c1-20-16-38(21(2)19-39)29(40)25-10-7-11-26(36-30(41)35-24-8-5-4-6-9-24)28(25)42-27(20)18-37(3)17-22-12-14-23(15-13-22)31(32,33)34/h4-15,20-21,27,39H,16-19H2,1-3H3,(H2,35,36,41)/t20-,21-,27-/m0/s1. The van der Waals surface area contributed by atoms with Crippen LogP contribution in [0.5, 0.6) is 5.75 Å². The molecule has 11 heteroatoms. The lowest BCUT2D eigenvalue weighted by Gasteiger charge is -2.38. The SMILES string of the molecule is C[C@H]1CN([C@@H](C)CO)C(=O)c2cccc(NC(=O)Nc3ccccc3)c2O[C@H]1CN(C)Cc1ccc(C(F)(F)F)cc1. The minimum Gasteiger partial charge on any atom is -0.486 e. The van der Waals surface area contributed by atoms with Gasteiger partial charge in [0.2, 0.25) is 0 Å². The van der Waals surface area contributed by atoms with Gasteiger partial charge in [0.05, 0.1) is 29.5 Å². The van der Waals surface area contributed by atoms with Crippen LogP contribution in [0.4, 0.5) is 29.3 Å². The fourth-order valence-corrected chi connectivity index (χ4v) is 4.85. The van der Waals surface area contributed by atoms with Crippen LogP contribution in [0.15, 0.2) is 72.8 Å². The molecule has 3 amide bonds. The van der Waals surface area contributed by atoms with Crippen molar-refractivity contribution in [3.8, 4) is 5.75 Å². The minimum absolute atomic E-state index is 0.197. The van der Waals surface area contributed by atoms with E-state index in [2.05, 4.69) is 10.6 Å². The molecular formula is C31H35F3N4O4. The van der Waals surface area contributed by atoms with Gasteiger partial charge < -0.3 is 25.4 Å². The van der Waals surface area contributed by atoms with Crippen LogP contribution in [0.1, 0.15) is 35.3 Å². The number of hydrogen-bond donors (Lipinski definition) is 3. The van der Waals surface area contributed by atoms with Crippen LogP contribution < -0.4 is 15.4 Å². The lowest BCUT2D eigenvalue weighted by Crippen LogP contribution is -2.49. The van der Waals surface area contributed by atoms with E-state index in [1.54, 1.807) is 54.3 Å². The lowest BCUT2D eigenvalue weighted by molar-refractivity contribution is -0.137. The number of halogens is 3. The molecule has 42 heavy (non-hydrogen) atoms. The molecule has 1 aliphatic rings. The normalized spacial score (nSPS) is 18.0. The number of anilines is 2. The van der Waals surface area contributed by atoms with Crippen molar-refractivity contribution in [2.24, 2.45) is 5.92 Å². The van der Waals surface area contributed by atoms with Crippen molar-refractivity contribution < 1.29 is 32.6 Å². The predicted octanol–water partition coefficient (Wildman–Crippen LogP) is 5.70. The molecule has 3 aromatic carbocycles. The summed E-state index contributed by atoms with van der Waals surface area (Å²) < 4.78 is 45.5. The molecule has 0 aromatic heterocycles. The first kappa shape index (κ1) is 30.9. The van der Waals surface area contributed by atoms with Gasteiger partial charge in [-0.2, -0.15) is 13.2 Å². The first-order chi connectivity index (χ1) is 20.0. The van der Waals surface area contributed by atoms with Crippen molar-refractivity contribution >= 4 is 23.3 Å². The van der Waals surface area contributed by atoms with Crippen molar-refractivity contribution in [2.45, 2.75) is 38.7 Å². The van der Waals surface area contributed by atoms with Crippen LogP contribution in [0, 0.1) is 5.92 Å². The maximum atomic E-state index is 13.6. The van der Waals surface area contributed by atoms with Crippen LogP contribution >= 0.6 is 0 Å². The van der Waals surface area contributed by atoms with E-state index in [-0.39, 0.29) is 29.7 Å².